The first-order valence-corrected chi connectivity index (χ1v) is 7.35. The summed E-state index contributed by atoms with van der Waals surface area (Å²) >= 11 is 0. The lowest BCUT2D eigenvalue weighted by Crippen LogP contribution is -2.37. The minimum atomic E-state index is 0.147. The molecular weight excluding hydrogens is 226 g/mol. The lowest BCUT2D eigenvalue weighted by molar-refractivity contribution is -0.130. The van der Waals surface area contributed by atoms with Crippen LogP contribution >= 0.6 is 0 Å². The quantitative estimate of drug-likeness (QED) is 0.615. The number of rotatable bonds is 3. The molecule has 4 nitrogen and oxygen atoms in total. The SMILES string of the molecule is NC(=NCC(=O)N1CCCCC1)C1CCCCC1. The molecule has 0 atom stereocenters. The first-order valence-electron chi connectivity index (χ1n) is 7.35. The number of carbonyl (C=O) groups excluding carboxylic acids is 1. The smallest absolute Gasteiger partial charge is 0.244 e. The van der Waals surface area contributed by atoms with Crippen LogP contribution in [0, 0.1) is 5.92 Å². The van der Waals surface area contributed by atoms with Crippen molar-refractivity contribution in [2.45, 2.75) is 51.4 Å². The van der Waals surface area contributed by atoms with Crippen molar-refractivity contribution in [3.8, 4) is 0 Å². The van der Waals surface area contributed by atoms with Gasteiger partial charge in [0.25, 0.3) is 0 Å². The first-order chi connectivity index (χ1) is 8.77. The predicted molar refractivity (Wildman–Crippen MR) is 73.5 cm³/mol. The number of aliphatic imine (C=N–C) groups is 1. The highest BCUT2D eigenvalue weighted by Crippen LogP contribution is 2.23. The molecule has 0 bridgehead atoms. The number of amidine groups is 1. The van der Waals surface area contributed by atoms with Gasteiger partial charge in [0.15, 0.2) is 0 Å². The van der Waals surface area contributed by atoms with E-state index in [1.807, 2.05) is 4.90 Å². The van der Waals surface area contributed by atoms with Crippen molar-refractivity contribution in [2.24, 2.45) is 16.6 Å². The molecule has 0 aromatic rings. The fourth-order valence-electron chi connectivity index (χ4n) is 2.93. The van der Waals surface area contributed by atoms with Gasteiger partial charge in [-0.1, -0.05) is 19.3 Å². The van der Waals surface area contributed by atoms with Gasteiger partial charge in [-0.15, -0.1) is 0 Å². The Kier molecular flexibility index (Phi) is 5.02. The molecule has 1 amide bonds. The Balaban J connectivity index is 1.79. The van der Waals surface area contributed by atoms with E-state index in [0.717, 1.165) is 38.8 Å². The molecule has 2 aliphatic rings. The second-order valence-corrected chi connectivity index (χ2v) is 5.52. The van der Waals surface area contributed by atoms with Crippen molar-refractivity contribution in [1.82, 2.24) is 4.90 Å². The Morgan fingerprint density at radius 1 is 1.06 bits per heavy atom. The van der Waals surface area contributed by atoms with Crippen LogP contribution in [-0.4, -0.2) is 36.3 Å². The zero-order valence-electron chi connectivity index (χ0n) is 11.2. The lowest BCUT2D eigenvalue weighted by atomic mass is 9.88. The van der Waals surface area contributed by atoms with E-state index >= 15 is 0 Å². The molecule has 1 heterocycles. The summed E-state index contributed by atoms with van der Waals surface area (Å²) in [5, 5.41) is 0. The summed E-state index contributed by atoms with van der Waals surface area (Å²) in [5.74, 6) is 1.28. The van der Waals surface area contributed by atoms with Gasteiger partial charge in [0.1, 0.15) is 6.54 Å². The fraction of sp³-hybridized carbons (Fsp3) is 0.857. The third-order valence-electron chi connectivity index (χ3n) is 4.13. The average Bonchev–Trinajstić information content (AvgIpc) is 2.46. The zero-order valence-corrected chi connectivity index (χ0v) is 11.2. The normalized spacial score (nSPS) is 23.1. The van der Waals surface area contributed by atoms with E-state index in [1.165, 1.54) is 25.7 Å². The summed E-state index contributed by atoms with van der Waals surface area (Å²) in [7, 11) is 0. The molecule has 102 valence electrons. The maximum atomic E-state index is 11.9. The van der Waals surface area contributed by atoms with Crippen molar-refractivity contribution < 1.29 is 4.79 Å². The molecule has 2 N–H and O–H groups in total. The highest BCUT2D eigenvalue weighted by Gasteiger charge is 2.19. The molecule has 1 aliphatic heterocycles. The third kappa shape index (κ3) is 3.72. The Morgan fingerprint density at radius 3 is 2.33 bits per heavy atom. The topological polar surface area (TPSA) is 58.7 Å². The Bertz CT molecular complexity index is 302. The minimum absolute atomic E-state index is 0.147. The maximum absolute atomic E-state index is 11.9. The Labute approximate surface area is 110 Å². The summed E-state index contributed by atoms with van der Waals surface area (Å²) in [6.07, 6.45) is 9.62. The second-order valence-electron chi connectivity index (χ2n) is 5.52. The average molecular weight is 251 g/mol. The van der Waals surface area contributed by atoms with Crippen LogP contribution in [0.25, 0.3) is 0 Å². The monoisotopic (exact) mass is 251 g/mol. The highest BCUT2D eigenvalue weighted by molar-refractivity contribution is 5.86. The molecule has 0 aromatic carbocycles. The maximum Gasteiger partial charge on any atom is 0.244 e. The molecule has 4 heteroatoms. The lowest BCUT2D eigenvalue weighted by Gasteiger charge is -2.26. The molecule has 0 spiro atoms. The number of carbonyl (C=O) groups is 1. The van der Waals surface area contributed by atoms with Crippen LogP contribution in [0.2, 0.25) is 0 Å². The van der Waals surface area contributed by atoms with Gasteiger partial charge in [0.2, 0.25) is 5.91 Å². The fourth-order valence-corrected chi connectivity index (χ4v) is 2.93. The van der Waals surface area contributed by atoms with E-state index in [-0.39, 0.29) is 12.5 Å². The number of nitrogens with zero attached hydrogens (tertiary/aromatic N) is 2. The first kappa shape index (κ1) is 13.4. The van der Waals surface area contributed by atoms with E-state index in [9.17, 15) is 4.79 Å². The Morgan fingerprint density at radius 2 is 1.67 bits per heavy atom. The van der Waals surface area contributed by atoms with Gasteiger partial charge in [-0.3, -0.25) is 9.79 Å². The molecule has 2 fully saturated rings. The minimum Gasteiger partial charge on any atom is -0.387 e. The Hall–Kier alpha value is -1.06. The molecule has 18 heavy (non-hydrogen) atoms. The summed E-state index contributed by atoms with van der Waals surface area (Å²) in [6, 6.07) is 0. The number of hydrogen-bond donors (Lipinski definition) is 1. The summed E-state index contributed by atoms with van der Waals surface area (Å²) in [4.78, 5) is 18.2. The van der Waals surface area contributed by atoms with Crippen LogP contribution in [0.5, 0.6) is 0 Å². The molecular formula is C14H25N3O. The van der Waals surface area contributed by atoms with Gasteiger partial charge in [-0.25, -0.2) is 0 Å². The molecule has 0 radical (unpaired) electrons. The summed E-state index contributed by atoms with van der Waals surface area (Å²) < 4.78 is 0. The molecule has 1 saturated carbocycles. The van der Waals surface area contributed by atoms with E-state index in [1.54, 1.807) is 0 Å². The van der Waals surface area contributed by atoms with Crippen LogP contribution < -0.4 is 5.73 Å². The molecule has 0 unspecified atom stereocenters. The van der Waals surface area contributed by atoms with Crippen LogP contribution in [0.15, 0.2) is 4.99 Å². The van der Waals surface area contributed by atoms with Gasteiger partial charge in [0.05, 0.1) is 5.84 Å². The van der Waals surface area contributed by atoms with Crippen LogP contribution in [0.4, 0.5) is 0 Å². The molecule has 1 aliphatic carbocycles. The largest absolute Gasteiger partial charge is 0.387 e. The number of piperidine rings is 1. The van der Waals surface area contributed by atoms with Crippen LogP contribution in [0.1, 0.15) is 51.4 Å². The number of likely N-dealkylation sites (tertiary alicyclic amines) is 1. The van der Waals surface area contributed by atoms with E-state index < -0.39 is 0 Å². The van der Waals surface area contributed by atoms with Gasteiger partial charge >= 0.3 is 0 Å². The summed E-state index contributed by atoms with van der Waals surface area (Å²) in [6.45, 7) is 2.05. The van der Waals surface area contributed by atoms with Crippen molar-refractivity contribution in [1.29, 1.82) is 0 Å². The summed E-state index contributed by atoms with van der Waals surface area (Å²) in [5.41, 5.74) is 6.01. The van der Waals surface area contributed by atoms with Crippen molar-refractivity contribution in [2.75, 3.05) is 19.6 Å². The molecule has 1 saturated heterocycles. The number of hydrogen-bond acceptors (Lipinski definition) is 2. The van der Waals surface area contributed by atoms with E-state index in [0.29, 0.717) is 11.8 Å². The van der Waals surface area contributed by atoms with Crippen LogP contribution in [0.3, 0.4) is 0 Å². The van der Waals surface area contributed by atoms with E-state index in [4.69, 9.17) is 5.73 Å². The zero-order chi connectivity index (χ0) is 12.8. The van der Waals surface area contributed by atoms with Crippen molar-refractivity contribution in [3.05, 3.63) is 0 Å². The van der Waals surface area contributed by atoms with Crippen LogP contribution in [-0.2, 0) is 4.79 Å². The molecule has 2 rings (SSSR count). The van der Waals surface area contributed by atoms with E-state index in [2.05, 4.69) is 4.99 Å². The van der Waals surface area contributed by atoms with Gasteiger partial charge in [0, 0.05) is 19.0 Å². The number of amides is 1. The molecule has 0 aromatic heterocycles. The van der Waals surface area contributed by atoms with Gasteiger partial charge < -0.3 is 10.6 Å². The van der Waals surface area contributed by atoms with Crippen molar-refractivity contribution >= 4 is 11.7 Å². The van der Waals surface area contributed by atoms with Gasteiger partial charge in [-0.2, -0.15) is 0 Å². The van der Waals surface area contributed by atoms with Gasteiger partial charge in [-0.05, 0) is 32.1 Å². The van der Waals surface area contributed by atoms with Crippen molar-refractivity contribution in [3.63, 3.8) is 0 Å². The predicted octanol–water partition coefficient (Wildman–Crippen LogP) is 1.94. The standard InChI is InChI=1S/C14H25N3O/c15-14(12-7-3-1-4-8-12)16-11-13(18)17-9-5-2-6-10-17/h12H,1-11H2,(H2,15,16). The number of nitrogens with two attached hydrogens (primary N) is 1. The third-order valence-corrected chi connectivity index (χ3v) is 4.13. The highest BCUT2D eigenvalue weighted by atomic mass is 16.2. The second kappa shape index (κ2) is 6.76.